The van der Waals surface area contributed by atoms with Crippen molar-refractivity contribution >= 4 is 28.2 Å². The molecule has 0 saturated carbocycles. The van der Waals surface area contributed by atoms with Crippen molar-refractivity contribution in [1.82, 2.24) is 19.9 Å². The third kappa shape index (κ3) is 4.22. The highest BCUT2D eigenvalue weighted by Crippen LogP contribution is 2.14. The number of carbonyl (C=O) groups excluding carboxylic acids is 2. The first-order valence-corrected chi connectivity index (χ1v) is 9.04. The molecule has 1 amide bonds. The molecular formula is C17H18N4O5S. The third-order valence-electron chi connectivity index (χ3n) is 3.71. The number of ether oxygens (including phenoxy) is 1. The summed E-state index contributed by atoms with van der Waals surface area (Å²) in [6, 6.07) is 3.62. The van der Waals surface area contributed by atoms with Crippen LogP contribution in [-0.4, -0.2) is 32.5 Å². The van der Waals surface area contributed by atoms with Crippen LogP contribution in [-0.2, 0) is 16.1 Å². The molecule has 3 aromatic heterocycles. The van der Waals surface area contributed by atoms with Gasteiger partial charge in [-0.15, -0.1) is 0 Å². The van der Waals surface area contributed by atoms with Crippen molar-refractivity contribution in [2.75, 3.05) is 0 Å². The van der Waals surface area contributed by atoms with Crippen LogP contribution in [0.4, 0.5) is 0 Å². The Morgan fingerprint density at radius 1 is 1.41 bits per heavy atom. The lowest BCUT2D eigenvalue weighted by molar-refractivity contribution is -0.148. The van der Waals surface area contributed by atoms with Crippen LogP contribution in [0.15, 0.2) is 33.7 Å². The lowest BCUT2D eigenvalue weighted by atomic mass is 10.0. The van der Waals surface area contributed by atoms with Gasteiger partial charge in [0, 0.05) is 11.8 Å². The van der Waals surface area contributed by atoms with Crippen LogP contribution in [0, 0.1) is 12.8 Å². The Hall–Kier alpha value is -3.01. The van der Waals surface area contributed by atoms with Crippen LogP contribution in [0.1, 0.15) is 35.1 Å². The first-order chi connectivity index (χ1) is 12.8. The second-order valence-electron chi connectivity index (χ2n) is 6.21. The van der Waals surface area contributed by atoms with E-state index in [2.05, 4.69) is 15.4 Å². The molecule has 9 nitrogen and oxygen atoms in total. The van der Waals surface area contributed by atoms with Crippen LogP contribution in [0.25, 0.3) is 4.96 Å². The minimum Gasteiger partial charge on any atom is -0.459 e. The molecule has 10 heteroatoms. The predicted octanol–water partition coefficient (Wildman–Crippen LogP) is 1.55. The highest BCUT2D eigenvalue weighted by molar-refractivity contribution is 7.16. The summed E-state index contributed by atoms with van der Waals surface area (Å²) < 4.78 is 11.5. The summed E-state index contributed by atoms with van der Waals surface area (Å²) in [4.78, 5) is 41.1. The number of rotatable bonds is 6. The molecule has 0 radical (unpaired) electrons. The molecule has 142 valence electrons. The minimum absolute atomic E-state index is 0.112. The molecule has 3 rings (SSSR count). The Bertz CT molecular complexity index is 1020. The van der Waals surface area contributed by atoms with E-state index < -0.39 is 17.9 Å². The molecule has 0 aliphatic carbocycles. The van der Waals surface area contributed by atoms with Crippen LogP contribution >= 0.6 is 11.3 Å². The highest BCUT2D eigenvalue weighted by atomic mass is 32.1. The molecule has 0 aliphatic heterocycles. The fourth-order valence-electron chi connectivity index (χ4n) is 2.36. The summed E-state index contributed by atoms with van der Waals surface area (Å²) in [5, 5.41) is 7.15. The summed E-state index contributed by atoms with van der Waals surface area (Å²) >= 11 is 1.16. The van der Waals surface area contributed by atoms with Gasteiger partial charge in [-0.1, -0.05) is 25.2 Å². The van der Waals surface area contributed by atoms with Crippen LogP contribution in [0.2, 0.25) is 0 Å². The fraction of sp³-hybridized carbons (Fsp3) is 0.353. The predicted molar refractivity (Wildman–Crippen MR) is 96.5 cm³/mol. The number of nitrogens with one attached hydrogen (secondary N) is 1. The van der Waals surface area contributed by atoms with Crippen molar-refractivity contribution < 1.29 is 18.7 Å². The van der Waals surface area contributed by atoms with Crippen LogP contribution in [0.5, 0.6) is 0 Å². The quantitative estimate of drug-likeness (QED) is 0.635. The van der Waals surface area contributed by atoms with Crippen molar-refractivity contribution in [1.29, 1.82) is 0 Å². The van der Waals surface area contributed by atoms with E-state index in [9.17, 15) is 14.4 Å². The maximum absolute atomic E-state index is 12.4. The first-order valence-electron chi connectivity index (χ1n) is 8.22. The number of aryl methyl sites for hydroxylation is 1. The lowest BCUT2D eigenvalue weighted by Crippen LogP contribution is -2.45. The van der Waals surface area contributed by atoms with Gasteiger partial charge in [0.15, 0.2) is 10.8 Å². The molecule has 0 saturated heterocycles. The molecule has 0 aromatic carbocycles. The van der Waals surface area contributed by atoms with E-state index >= 15 is 0 Å². The summed E-state index contributed by atoms with van der Waals surface area (Å²) in [5.41, 5.74) is 0.296. The van der Waals surface area contributed by atoms with Gasteiger partial charge in [-0.2, -0.15) is 9.61 Å². The smallest absolute Gasteiger partial charge is 0.329 e. The number of fused-ring (bicyclic) bond motifs is 1. The zero-order valence-electron chi connectivity index (χ0n) is 15.0. The first kappa shape index (κ1) is 18.8. The molecule has 3 heterocycles. The second kappa shape index (κ2) is 7.70. The summed E-state index contributed by atoms with van der Waals surface area (Å²) in [6.45, 7) is 5.18. The van der Waals surface area contributed by atoms with E-state index in [1.807, 2.05) is 0 Å². The standard InChI is InChI=1S/C17H18N4O5S/c1-9(2)14(19-15(23)11-5-4-6-25-11)16(24)26-8-12-20-21-13(22)7-10(3)18-17(21)27-12/h4-7,9,14H,8H2,1-3H3,(H,19,23)/t14-/m0/s1. The molecule has 0 aliphatic rings. The van der Waals surface area contributed by atoms with Gasteiger partial charge in [0.05, 0.1) is 6.26 Å². The average molecular weight is 390 g/mol. The Labute approximate surface area is 158 Å². The molecule has 1 N–H and O–H groups in total. The molecule has 3 aromatic rings. The maximum Gasteiger partial charge on any atom is 0.329 e. The van der Waals surface area contributed by atoms with Gasteiger partial charge in [-0.05, 0) is 25.0 Å². The number of amides is 1. The van der Waals surface area contributed by atoms with Gasteiger partial charge in [0.2, 0.25) is 4.96 Å². The third-order valence-corrected chi connectivity index (χ3v) is 4.59. The van der Waals surface area contributed by atoms with Crippen LogP contribution < -0.4 is 10.9 Å². The van der Waals surface area contributed by atoms with Gasteiger partial charge < -0.3 is 14.5 Å². The van der Waals surface area contributed by atoms with E-state index in [4.69, 9.17) is 9.15 Å². The van der Waals surface area contributed by atoms with E-state index in [0.717, 1.165) is 11.3 Å². The number of hydrogen-bond acceptors (Lipinski definition) is 8. The number of hydrogen-bond donors (Lipinski definition) is 1. The molecule has 0 spiro atoms. The number of aromatic nitrogens is 3. The van der Waals surface area contributed by atoms with Crippen LogP contribution in [0.3, 0.4) is 0 Å². The highest BCUT2D eigenvalue weighted by Gasteiger charge is 2.27. The molecule has 0 unspecified atom stereocenters. The fourth-order valence-corrected chi connectivity index (χ4v) is 3.22. The summed E-state index contributed by atoms with van der Waals surface area (Å²) in [6.07, 6.45) is 1.38. The zero-order chi connectivity index (χ0) is 19.6. The number of nitrogens with zero attached hydrogens (tertiary/aromatic N) is 3. The van der Waals surface area contributed by atoms with E-state index in [1.165, 1.54) is 22.9 Å². The summed E-state index contributed by atoms with van der Waals surface area (Å²) in [5.74, 6) is -1.18. The number of esters is 1. The average Bonchev–Trinajstić information content (AvgIpc) is 3.26. The van der Waals surface area contributed by atoms with Gasteiger partial charge in [-0.3, -0.25) is 9.59 Å². The maximum atomic E-state index is 12.4. The largest absolute Gasteiger partial charge is 0.459 e. The zero-order valence-corrected chi connectivity index (χ0v) is 15.8. The van der Waals surface area contributed by atoms with Crippen molar-refractivity contribution in [3.05, 3.63) is 51.3 Å². The summed E-state index contributed by atoms with van der Waals surface area (Å²) in [7, 11) is 0. The molecule has 0 bridgehead atoms. The topological polar surface area (TPSA) is 116 Å². The Balaban J connectivity index is 1.68. The SMILES string of the molecule is Cc1cc(=O)n2nc(COC(=O)[C@@H](NC(=O)c3ccco3)C(C)C)sc2n1. The van der Waals surface area contributed by atoms with E-state index in [-0.39, 0.29) is 23.8 Å². The minimum atomic E-state index is -0.847. The normalized spacial score (nSPS) is 12.3. The van der Waals surface area contributed by atoms with Crippen molar-refractivity contribution in [3.8, 4) is 0 Å². The molecule has 27 heavy (non-hydrogen) atoms. The second-order valence-corrected chi connectivity index (χ2v) is 7.25. The molecular weight excluding hydrogens is 372 g/mol. The Morgan fingerprint density at radius 2 is 2.19 bits per heavy atom. The van der Waals surface area contributed by atoms with Gasteiger partial charge in [-0.25, -0.2) is 9.78 Å². The van der Waals surface area contributed by atoms with E-state index in [0.29, 0.717) is 15.7 Å². The van der Waals surface area contributed by atoms with Gasteiger partial charge in [0.25, 0.3) is 11.5 Å². The molecule has 1 atom stereocenters. The van der Waals surface area contributed by atoms with Gasteiger partial charge in [0.1, 0.15) is 12.6 Å². The molecule has 0 fully saturated rings. The Kier molecular flexibility index (Phi) is 5.36. The van der Waals surface area contributed by atoms with Crippen molar-refractivity contribution in [3.63, 3.8) is 0 Å². The number of furan rings is 1. The monoisotopic (exact) mass is 390 g/mol. The van der Waals surface area contributed by atoms with Crippen molar-refractivity contribution in [2.45, 2.75) is 33.4 Å². The van der Waals surface area contributed by atoms with E-state index in [1.54, 1.807) is 26.8 Å². The Morgan fingerprint density at radius 3 is 2.85 bits per heavy atom. The lowest BCUT2D eigenvalue weighted by Gasteiger charge is -2.19. The van der Waals surface area contributed by atoms with Gasteiger partial charge >= 0.3 is 5.97 Å². The van der Waals surface area contributed by atoms with Crippen molar-refractivity contribution in [2.24, 2.45) is 5.92 Å². The number of carbonyl (C=O) groups is 2.